The highest BCUT2D eigenvalue weighted by Crippen LogP contribution is 2.23. The second-order valence-electron chi connectivity index (χ2n) is 6.20. The largest absolute Gasteiger partial charge is 0.351 e. The molecule has 2 aromatic carbocycles. The van der Waals surface area contributed by atoms with E-state index in [1.54, 1.807) is 24.3 Å². The van der Waals surface area contributed by atoms with Crippen molar-refractivity contribution in [2.45, 2.75) is 13.8 Å². The van der Waals surface area contributed by atoms with E-state index in [-0.39, 0.29) is 5.78 Å². The molecule has 0 aliphatic rings. The van der Waals surface area contributed by atoms with Gasteiger partial charge < -0.3 is 21.7 Å². The second-order valence-corrected chi connectivity index (χ2v) is 6.20. The number of nitrogens with one attached hydrogen (secondary N) is 3. The minimum atomic E-state index is -0.649. The summed E-state index contributed by atoms with van der Waals surface area (Å²) in [5.74, 6) is 0.563. The quantitative estimate of drug-likeness (QED) is 0.483. The number of amides is 2. The average Bonchev–Trinajstić information content (AvgIpc) is 2.61. The maximum absolute atomic E-state index is 11.9. The average molecular weight is 376 g/mol. The third-order valence-corrected chi connectivity index (χ3v) is 3.84. The van der Waals surface area contributed by atoms with E-state index in [1.165, 1.54) is 13.1 Å². The van der Waals surface area contributed by atoms with Crippen LogP contribution in [0.15, 0.2) is 54.7 Å². The van der Waals surface area contributed by atoms with E-state index in [1.807, 2.05) is 31.2 Å². The summed E-state index contributed by atoms with van der Waals surface area (Å²) in [4.78, 5) is 31.6. The number of hydrogen-bond donors (Lipinski definition) is 4. The zero-order valence-electron chi connectivity index (χ0n) is 15.5. The summed E-state index contributed by atoms with van der Waals surface area (Å²) < 4.78 is 0. The standard InChI is InChI=1S/C20H20N6O2/c1-12-5-3-6-14(9-12)23-18-17(13(2)27)11-22-20(26-18)25-16-8-4-7-15(10-16)24-19(21)28/h3-11H,1-2H3,(H3,21,24,28)(H2,22,23,25,26). The van der Waals surface area contributed by atoms with Gasteiger partial charge in [-0.1, -0.05) is 18.2 Å². The van der Waals surface area contributed by atoms with E-state index < -0.39 is 6.03 Å². The summed E-state index contributed by atoms with van der Waals surface area (Å²) in [7, 11) is 0. The number of ketones is 1. The molecule has 3 aromatic rings. The van der Waals surface area contributed by atoms with Crippen molar-refractivity contribution < 1.29 is 9.59 Å². The van der Waals surface area contributed by atoms with Crippen LogP contribution in [0.5, 0.6) is 0 Å². The van der Waals surface area contributed by atoms with Gasteiger partial charge in [0.15, 0.2) is 5.78 Å². The van der Waals surface area contributed by atoms with E-state index >= 15 is 0 Å². The number of aryl methyl sites for hydroxylation is 1. The highest BCUT2D eigenvalue weighted by Gasteiger charge is 2.12. The lowest BCUT2D eigenvalue weighted by atomic mass is 10.2. The molecule has 0 spiro atoms. The monoisotopic (exact) mass is 376 g/mol. The highest BCUT2D eigenvalue weighted by molar-refractivity contribution is 5.99. The molecule has 0 aliphatic carbocycles. The number of primary amides is 1. The molecule has 2 amide bonds. The SMILES string of the molecule is CC(=O)c1cnc(Nc2cccc(NC(N)=O)c2)nc1Nc1cccc(C)c1. The highest BCUT2D eigenvalue weighted by atomic mass is 16.2. The number of urea groups is 1. The van der Waals surface area contributed by atoms with Gasteiger partial charge in [-0.3, -0.25) is 4.79 Å². The summed E-state index contributed by atoms with van der Waals surface area (Å²) in [6, 6.07) is 14.1. The molecule has 8 heteroatoms. The Bertz CT molecular complexity index is 1030. The molecule has 5 N–H and O–H groups in total. The molecule has 0 saturated carbocycles. The smallest absolute Gasteiger partial charge is 0.316 e. The van der Waals surface area contributed by atoms with Crippen molar-refractivity contribution in [3.63, 3.8) is 0 Å². The number of nitrogens with two attached hydrogens (primary N) is 1. The van der Waals surface area contributed by atoms with Gasteiger partial charge in [-0.15, -0.1) is 0 Å². The molecule has 0 aliphatic heterocycles. The van der Waals surface area contributed by atoms with Crippen molar-refractivity contribution in [1.82, 2.24) is 9.97 Å². The van der Waals surface area contributed by atoms with Crippen LogP contribution in [-0.4, -0.2) is 21.8 Å². The van der Waals surface area contributed by atoms with E-state index in [9.17, 15) is 9.59 Å². The van der Waals surface area contributed by atoms with Gasteiger partial charge in [0.25, 0.3) is 0 Å². The van der Waals surface area contributed by atoms with E-state index in [2.05, 4.69) is 25.9 Å². The summed E-state index contributed by atoms with van der Waals surface area (Å²) >= 11 is 0. The van der Waals surface area contributed by atoms with Crippen LogP contribution in [-0.2, 0) is 0 Å². The minimum Gasteiger partial charge on any atom is -0.351 e. The van der Waals surface area contributed by atoms with Gasteiger partial charge >= 0.3 is 6.03 Å². The molecule has 0 unspecified atom stereocenters. The zero-order valence-corrected chi connectivity index (χ0v) is 15.5. The van der Waals surface area contributed by atoms with Crippen LogP contribution in [0.25, 0.3) is 0 Å². The van der Waals surface area contributed by atoms with E-state index in [0.29, 0.717) is 28.7 Å². The maximum Gasteiger partial charge on any atom is 0.316 e. The van der Waals surface area contributed by atoms with Crippen LogP contribution in [0.1, 0.15) is 22.8 Å². The summed E-state index contributed by atoms with van der Waals surface area (Å²) in [5, 5.41) is 8.73. The Balaban J connectivity index is 1.88. The van der Waals surface area contributed by atoms with Crippen LogP contribution in [0, 0.1) is 6.92 Å². The topological polar surface area (TPSA) is 122 Å². The molecule has 0 fully saturated rings. The Kier molecular flexibility index (Phi) is 5.50. The number of Topliss-reactive ketones (excluding diaryl/α,β-unsaturated/α-hetero) is 1. The first-order chi connectivity index (χ1) is 13.4. The lowest BCUT2D eigenvalue weighted by molar-refractivity contribution is 0.101. The number of hydrogen-bond acceptors (Lipinski definition) is 6. The number of anilines is 5. The van der Waals surface area contributed by atoms with Gasteiger partial charge in [0.1, 0.15) is 5.82 Å². The summed E-state index contributed by atoms with van der Waals surface area (Å²) in [6.07, 6.45) is 1.47. The molecule has 0 saturated heterocycles. The Morgan fingerprint density at radius 2 is 1.64 bits per heavy atom. The Morgan fingerprint density at radius 3 is 2.32 bits per heavy atom. The Hall–Kier alpha value is -3.94. The molecule has 0 bridgehead atoms. The van der Waals surface area contributed by atoms with E-state index in [0.717, 1.165) is 11.3 Å². The van der Waals surface area contributed by atoms with Gasteiger partial charge in [-0.25, -0.2) is 9.78 Å². The molecule has 3 rings (SSSR count). The first-order valence-corrected chi connectivity index (χ1v) is 8.56. The van der Waals surface area contributed by atoms with Crippen LogP contribution < -0.4 is 21.7 Å². The normalized spacial score (nSPS) is 10.2. The van der Waals surface area contributed by atoms with Gasteiger partial charge in [0, 0.05) is 23.3 Å². The first-order valence-electron chi connectivity index (χ1n) is 8.56. The molecule has 1 heterocycles. The lowest BCUT2D eigenvalue weighted by Crippen LogP contribution is -2.19. The van der Waals surface area contributed by atoms with Crippen molar-refractivity contribution in [3.05, 3.63) is 65.9 Å². The third-order valence-electron chi connectivity index (χ3n) is 3.84. The number of carbonyl (C=O) groups excluding carboxylic acids is 2. The second kappa shape index (κ2) is 8.17. The van der Waals surface area contributed by atoms with Crippen molar-refractivity contribution >= 4 is 40.6 Å². The Morgan fingerprint density at radius 1 is 0.964 bits per heavy atom. The molecular weight excluding hydrogens is 356 g/mol. The zero-order chi connectivity index (χ0) is 20.1. The first kappa shape index (κ1) is 18.8. The van der Waals surface area contributed by atoms with Crippen LogP contribution in [0.3, 0.4) is 0 Å². The number of benzene rings is 2. The van der Waals surface area contributed by atoms with Crippen molar-refractivity contribution in [2.24, 2.45) is 5.73 Å². The van der Waals surface area contributed by atoms with Gasteiger partial charge in [0.2, 0.25) is 5.95 Å². The lowest BCUT2D eigenvalue weighted by Gasteiger charge is -2.12. The van der Waals surface area contributed by atoms with Gasteiger partial charge in [-0.2, -0.15) is 4.98 Å². The molecule has 0 radical (unpaired) electrons. The fourth-order valence-electron chi connectivity index (χ4n) is 2.60. The minimum absolute atomic E-state index is 0.144. The fraction of sp³-hybridized carbons (Fsp3) is 0.100. The van der Waals surface area contributed by atoms with Gasteiger partial charge in [-0.05, 0) is 49.7 Å². The Labute approximate surface area is 162 Å². The van der Waals surface area contributed by atoms with Crippen molar-refractivity contribution in [1.29, 1.82) is 0 Å². The molecule has 0 atom stereocenters. The van der Waals surface area contributed by atoms with Crippen molar-refractivity contribution in [2.75, 3.05) is 16.0 Å². The predicted octanol–water partition coefficient (Wildman–Crippen LogP) is 3.97. The van der Waals surface area contributed by atoms with E-state index in [4.69, 9.17) is 5.73 Å². The maximum atomic E-state index is 11.9. The third kappa shape index (κ3) is 4.82. The van der Waals surface area contributed by atoms with Crippen molar-refractivity contribution in [3.8, 4) is 0 Å². The molecule has 28 heavy (non-hydrogen) atoms. The number of rotatable bonds is 6. The van der Waals surface area contributed by atoms with Crippen LogP contribution in [0.2, 0.25) is 0 Å². The fourth-order valence-corrected chi connectivity index (χ4v) is 2.60. The number of carbonyl (C=O) groups is 2. The predicted molar refractivity (Wildman–Crippen MR) is 109 cm³/mol. The number of nitrogens with zero attached hydrogens (tertiary/aromatic N) is 2. The number of aromatic nitrogens is 2. The molecule has 142 valence electrons. The van der Waals surface area contributed by atoms with Gasteiger partial charge in [0.05, 0.1) is 5.56 Å². The summed E-state index contributed by atoms with van der Waals surface area (Å²) in [6.45, 7) is 3.45. The molecule has 1 aromatic heterocycles. The summed E-state index contributed by atoms with van der Waals surface area (Å²) in [5.41, 5.74) is 8.62. The molecule has 8 nitrogen and oxygen atoms in total. The van der Waals surface area contributed by atoms with Crippen LogP contribution >= 0.6 is 0 Å². The molecular formula is C20H20N6O2. The van der Waals surface area contributed by atoms with Crippen LogP contribution in [0.4, 0.5) is 33.6 Å².